The van der Waals surface area contributed by atoms with E-state index in [1.165, 1.54) is 0 Å². The van der Waals surface area contributed by atoms with E-state index in [4.69, 9.17) is 9.47 Å². The van der Waals surface area contributed by atoms with E-state index in [2.05, 4.69) is 45.2 Å². The molecular weight excluding hydrogens is 586 g/mol. The van der Waals surface area contributed by atoms with E-state index in [1.54, 1.807) is 48.3 Å². The highest BCUT2D eigenvalue weighted by Crippen LogP contribution is 2.24. The zero-order chi connectivity index (χ0) is 20.3. The van der Waals surface area contributed by atoms with Gasteiger partial charge in [-0.05, 0) is 81.6 Å². The van der Waals surface area contributed by atoms with Crippen LogP contribution >= 0.6 is 45.2 Å². The third-order valence-corrected chi connectivity index (χ3v) is 6.34. The molecule has 1 fully saturated rings. The van der Waals surface area contributed by atoms with E-state index < -0.39 is 0 Å². The Morgan fingerprint density at radius 3 is 1.39 bits per heavy atom. The summed E-state index contributed by atoms with van der Waals surface area (Å²) in [5, 5.41) is 0. The SMILES string of the molecule is COc1ccc(C(=O)N2CCN(C(=O)c3ccc(OC)c(I)c3)CC2)cc1I. The minimum absolute atomic E-state index is 0.0216. The van der Waals surface area contributed by atoms with Crippen molar-refractivity contribution in [3.8, 4) is 11.5 Å². The summed E-state index contributed by atoms with van der Waals surface area (Å²) in [6.45, 7) is 2.06. The highest BCUT2D eigenvalue weighted by atomic mass is 127. The lowest BCUT2D eigenvalue weighted by Gasteiger charge is -2.35. The standard InChI is InChI=1S/C20H20I2N2O4/c1-27-17-5-3-13(11-15(17)21)19(25)23-7-9-24(10-8-23)20(26)14-4-6-18(28-2)16(22)12-14/h3-6,11-12H,7-10H2,1-2H3. The number of carbonyl (C=O) groups is 2. The van der Waals surface area contributed by atoms with E-state index in [0.29, 0.717) is 37.3 Å². The number of piperazine rings is 1. The summed E-state index contributed by atoms with van der Waals surface area (Å²) < 4.78 is 12.3. The summed E-state index contributed by atoms with van der Waals surface area (Å²) >= 11 is 4.32. The first-order chi connectivity index (χ1) is 13.4. The average molecular weight is 606 g/mol. The predicted molar refractivity (Wildman–Crippen MR) is 123 cm³/mol. The number of ether oxygens (including phenoxy) is 2. The summed E-state index contributed by atoms with van der Waals surface area (Å²) in [6.07, 6.45) is 0. The molecule has 2 aromatic rings. The van der Waals surface area contributed by atoms with E-state index in [1.807, 2.05) is 12.1 Å². The average Bonchev–Trinajstić information content (AvgIpc) is 2.72. The fourth-order valence-corrected chi connectivity index (χ4v) is 4.55. The van der Waals surface area contributed by atoms with Gasteiger partial charge >= 0.3 is 0 Å². The highest BCUT2D eigenvalue weighted by Gasteiger charge is 2.26. The Bertz CT molecular complexity index is 822. The van der Waals surface area contributed by atoms with E-state index >= 15 is 0 Å². The summed E-state index contributed by atoms with van der Waals surface area (Å²) in [6, 6.07) is 10.8. The molecule has 0 bridgehead atoms. The van der Waals surface area contributed by atoms with Crippen LogP contribution in [0.3, 0.4) is 0 Å². The molecule has 0 N–H and O–H groups in total. The van der Waals surface area contributed by atoms with Crippen LogP contribution in [0.4, 0.5) is 0 Å². The molecule has 0 unspecified atom stereocenters. The van der Waals surface area contributed by atoms with Gasteiger partial charge in [0.25, 0.3) is 11.8 Å². The van der Waals surface area contributed by atoms with Crippen molar-refractivity contribution in [3.05, 3.63) is 54.7 Å². The van der Waals surface area contributed by atoms with Crippen molar-refractivity contribution >= 4 is 57.0 Å². The van der Waals surface area contributed by atoms with Crippen molar-refractivity contribution in [3.63, 3.8) is 0 Å². The first-order valence-electron chi connectivity index (χ1n) is 8.70. The Morgan fingerprint density at radius 2 is 1.11 bits per heavy atom. The van der Waals surface area contributed by atoms with Crippen LogP contribution in [-0.2, 0) is 0 Å². The first-order valence-corrected chi connectivity index (χ1v) is 10.9. The largest absolute Gasteiger partial charge is 0.496 e. The van der Waals surface area contributed by atoms with Crippen molar-refractivity contribution in [1.29, 1.82) is 0 Å². The molecule has 8 heteroatoms. The minimum atomic E-state index is -0.0216. The molecule has 148 valence electrons. The van der Waals surface area contributed by atoms with Gasteiger partial charge in [-0.15, -0.1) is 0 Å². The molecule has 1 aliphatic rings. The Hall–Kier alpha value is -1.56. The van der Waals surface area contributed by atoms with Crippen molar-refractivity contribution < 1.29 is 19.1 Å². The maximum atomic E-state index is 12.8. The zero-order valence-electron chi connectivity index (χ0n) is 15.6. The molecule has 2 amide bonds. The third kappa shape index (κ3) is 4.53. The van der Waals surface area contributed by atoms with Gasteiger partial charge in [-0.2, -0.15) is 0 Å². The molecule has 0 saturated carbocycles. The number of carbonyl (C=O) groups excluding carboxylic acids is 2. The number of rotatable bonds is 4. The lowest BCUT2D eigenvalue weighted by Crippen LogP contribution is -2.50. The molecule has 6 nitrogen and oxygen atoms in total. The molecule has 0 radical (unpaired) electrons. The normalized spacial score (nSPS) is 14.0. The molecule has 2 aromatic carbocycles. The van der Waals surface area contributed by atoms with Gasteiger partial charge in [0.2, 0.25) is 0 Å². The predicted octanol–water partition coefficient (Wildman–Crippen LogP) is 3.51. The second-order valence-corrected chi connectivity index (χ2v) is 8.61. The number of hydrogen-bond donors (Lipinski definition) is 0. The van der Waals surface area contributed by atoms with Gasteiger partial charge in [0.1, 0.15) is 11.5 Å². The summed E-state index contributed by atoms with van der Waals surface area (Å²) in [5.41, 5.74) is 1.27. The van der Waals surface area contributed by atoms with Gasteiger partial charge in [0.05, 0.1) is 21.4 Å². The van der Waals surface area contributed by atoms with Crippen LogP contribution in [-0.4, -0.2) is 62.0 Å². The van der Waals surface area contributed by atoms with Gasteiger partial charge in [-0.1, -0.05) is 0 Å². The van der Waals surface area contributed by atoms with Crippen LogP contribution in [0.1, 0.15) is 20.7 Å². The molecule has 1 heterocycles. The van der Waals surface area contributed by atoms with E-state index in [0.717, 1.165) is 18.6 Å². The molecule has 0 atom stereocenters. The molecule has 1 saturated heterocycles. The van der Waals surface area contributed by atoms with Gasteiger partial charge < -0.3 is 19.3 Å². The second kappa shape index (κ2) is 9.29. The molecular formula is C20H20I2N2O4. The zero-order valence-corrected chi connectivity index (χ0v) is 19.9. The van der Waals surface area contributed by atoms with Crippen LogP contribution in [0, 0.1) is 7.14 Å². The molecule has 0 aromatic heterocycles. The number of benzene rings is 2. The quantitative estimate of drug-likeness (QED) is 0.501. The van der Waals surface area contributed by atoms with Crippen LogP contribution in [0.15, 0.2) is 36.4 Å². The minimum Gasteiger partial charge on any atom is -0.496 e. The maximum Gasteiger partial charge on any atom is 0.254 e. The fraction of sp³-hybridized carbons (Fsp3) is 0.300. The third-order valence-electron chi connectivity index (χ3n) is 4.65. The number of hydrogen-bond acceptors (Lipinski definition) is 4. The van der Waals surface area contributed by atoms with Crippen LogP contribution < -0.4 is 9.47 Å². The Kier molecular flexibility index (Phi) is 7.02. The lowest BCUT2D eigenvalue weighted by atomic mass is 10.1. The topological polar surface area (TPSA) is 59.1 Å². The lowest BCUT2D eigenvalue weighted by molar-refractivity contribution is 0.0535. The number of halogens is 2. The number of nitrogens with zero attached hydrogens (tertiary/aromatic N) is 2. The Balaban J connectivity index is 1.63. The summed E-state index contributed by atoms with van der Waals surface area (Å²) in [7, 11) is 3.22. The number of methoxy groups -OCH3 is 2. The van der Waals surface area contributed by atoms with E-state index in [9.17, 15) is 9.59 Å². The monoisotopic (exact) mass is 606 g/mol. The van der Waals surface area contributed by atoms with Gasteiger partial charge in [0.15, 0.2) is 0 Å². The van der Waals surface area contributed by atoms with Gasteiger partial charge in [0, 0.05) is 37.3 Å². The highest BCUT2D eigenvalue weighted by molar-refractivity contribution is 14.1. The van der Waals surface area contributed by atoms with Crippen molar-refractivity contribution in [1.82, 2.24) is 9.80 Å². The molecule has 0 aliphatic carbocycles. The summed E-state index contributed by atoms with van der Waals surface area (Å²) in [5.74, 6) is 1.46. The first kappa shape index (κ1) is 21.2. The second-order valence-electron chi connectivity index (χ2n) is 6.28. The maximum absolute atomic E-state index is 12.8. The van der Waals surface area contributed by atoms with Crippen molar-refractivity contribution in [2.45, 2.75) is 0 Å². The van der Waals surface area contributed by atoms with Gasteiger partial charge in [-0.25, -0.2) is 0 Å². The fourth-order valence-electron chi connectivity index (χ4n) is 3.08. The van der Waals surface area contributed by atoms with Crippen LogP contribution in [0.25, 0.3) is 0 Å². The van der Waals surface area contributed by atoms with Crippen LogP contribution in [0.2, 0.25) is 0 Å². The summed E-state index contributed by atoms with van der Waals surface area (Å²) in [4.78, 5) is 29.1. The molecule has 3 rings (SSSR count). The molecule has 28 heavy (non-hydrogen) atoms. The van der Waals surface area contributed by atoms with Gasteiger partial charge in [-0.3, -0.25) is 9.59 Å². The molecule has 1 aliphatic heterocycles. The number of amides is 2. The van der Waals surface area contributed by atoms with Crippen molar-refractivity contribution in [2.24, 2.45) is 0 Å². The Morgan fingerprint density at radius 1 is 0.750 bits per heavy atom. The molecule has 0 spiro atoms. The van der Waals surface area contributed by atoms with Crippen LogP contribution in [0.5, 0.6) is 11.5 Å². The van der Waals surface area contributed by atoms with Crippen molar-refractivity contribution in [2.75, 3.05) is 40.4 Å². The Labute approximate surface area is 191 Å². The van der Waals surface area contributed by atoms with E-state index in [-0.39, 0.29) is 11.8 Å². The smallest absolute Gasteiger partial charge is 0.254 e.